The molecular formula is C30H29N2O7P. The smallest absolute Gasteiger partial charge is 0.419 e. The number of aromatic hydroxyl groups is 2. The molecule has 2 aromatic carbocycles. The molecule has 0 unspecified atom stereocenters. The molecule has 2 N–H and O–H groups in total. The lowest BCUT2D eigenvalue weighted by molar-refractivity contribution is 0.371. The van der Waals surface area contributed by atoms with Crippen molar-refractivity contribution in [1.29, 1.82) is 0 Å². The summed E-state index contributed by atoms with van der Waals surface area (Å²) in [5, 5.41) is 20.5. The normalized spacial score (nSPS) is 12.5. The average molecular weight is 561 g/mol. The summed E-state index contributed by atoms with van der Waals surface area (Å²) >= 11 is 0. The first-order valence-corrected chi connectivity index (χ1v) is 13.4. The Kier molecular flexibility index (Phi) is 9.09. The molecule has 0 aliphatic rings. The van der Waals surface area contributed by atoms with Crippen LogP contribution in [0.15, 0.2) is 73.3 Å². The second-order valence-corrected chi connectivity index (χ2v) is 9.64. The molecule has 40 heavy (non-hydrogen) atoms. The number of benzene rings is 2. The highest BCUT2D eigenvalue weighted by Gasteiger charge is 2.15. The van der Waals surface area contributed by atoms with Gasteiger partial charge in [-0.05, 0) is 96.8 Å². The zero-order valence-corrected chi connectivity index (χ0v) is 23.4. The number of aromatic nitrogens is 2. The Bertz CT molecular complexity index is 1460. The van der Waals surface area contributed by atoms with Gasteiger partial charge in [-0.3, -0.25) is 9.97 Å². The molecule has 206 valence electrons. The van der Waals surface area contributed by atoms with Gasteiger partial charge in [-0.25, -0.2) is 4.57 Å². The van der Waals surface area contributed by atoms with Crippen molar-refractivity contribution in [3.05, 3.63) is 107 Å². The molecule has 0 saturated carbocycles. The molecule has 0 saturated heterocycles. The molecule has 0 bridgehead atoms. The van der Waals surface area contributed by atoms with Crippen LogP contribution >= 0.6 is 8.25 Å². The molecule has 0 aliphatic heterocycles. The van der Waals surface area contributed by atoms with Crippen molar-refractivity contribution in [3.63, 3.8) is 0 Å². The largest absolute Gasteiger partial charge is 0.504 e. The summed E-state index contributed by atoms with van der Waals surface area (Å²) in [7, 11) is -0.264. The van der Waals surface area contributed by atoms with Gasteiger partial charge in [0.05, 0.1) is 14.2 Å². The molecule has 4 rings (SSSR count). The summed E-state index contributed by atoms with van der Waals surface area (Å²) in [5.74, 6) is 1.15. The topological polar surface area (TPSA) is 120 Å². The molecule has 4 aromatic rings. The van der Waals surface area contributed by atoms with Crippen molar-refractivity contribution in [2.45, 2.75) is 13.8 Å². The van der Waals surface area contributed by atoms with Crippen LogP contribution < -0.4 is 9.47 Å². The average Bonchev–Trinajstić information content (AvgIpc) is 2.96. The van der Waals surface area contributed by atoms with Crippen LogP contribution in [0.2, 0.25) is 0 Å². The van der Waals surface area contributed by atoms with Crippen molar-refractivity contribution in [3.8, 4) is 23.0 Å². The van der Waals surface area contributed by atoms with Crippen LogP contribution in [0.5, 0.6) is 23.0 Å². The fourth-order valence-electron chi connectivity index (χ4n) is 3.89. The maximum absolute atomic E-state index is 13.4. The van der Waals surface area contributed by atoms with Gasteiger partial charge >= 0.3 is 8.25 Å². The van der Waals surface area contributed by atoms with Crippen LogP contribution in [-0.2, 0) is 13.6 Å². The number of phenols is 2. The predicted octanol–water partition coefficient (Wildman–Crippen LogP) is 6.64. The molecule has 2 aromatic heterocycles. The molecular weight excluding hydrogens is 531 g/mol. The van der Waals surface area contributed by atoms with E-state index in [0.717, 1.165) is 0 Å². The Labute approximate surface area is 233 Å². The highest BCUT2D eigenvalue weighted by molar-refractivity contribution is 7.34. The molecule has 10 heteroatoms. The first kappa shape index (κ1) is 28.3. The summed E-state index contributed by atoms with van der Waals surface area (Å²) in [4.78, 5) is 8.29. The van der Waals surface area contributed by atoms with Gasteiger partial charge in [0.25, 0.3) is 0 Å². The van der Waals surface area contributed by atoms with Crippen molar-refractivity contribution >= 4 is 31.9 Å². The zero-order chi connectivity index (χ0) is 28.6. The number of methoxy groups -OCH3 is 2. The SMILES string of the molecule is COc1cc(C=C(O[PH](=O)OC(=Cc2cc(C)c(O)c(OC)c2)c2cccnc2)c2cccnc2)cc(C)c1O. The maximum atomic E-state index is 13.4. The van der Waals surface area contributed by atoms with Crippen LogP contribution in [0.3, 0.4) is 0 Å². The summed E-state index contributed by atoms with van der Waals surface area (Å²) < 4.78 is 35.7. The van der Waals surface area contributed by atoms with Gasteiger partial charge in [-0.2, -0.15) is 0 Å². The third kappa shape index (κ3) is 6.81. The van der Waals surface area contributed by atoms with E-state index in [9.17, 15) is 14.8 Å². The lowest BCUT2D eigenvalue weighted by Gasteiger charge is -2.15. The summed E-state index contributed by atoms with van der Waals surface area (Å²) in [5.41, 5.74) is 3.63. The van der Waals surface area contributed by atoms with Gasteiger partial charge in [-0.1, -0.05) is 0 Å². The minimum Gasteiger partial charge on any atom is -0.504 e. The van der Waals surface area contributed by atoms with Crippen LogP contribution in [0.4, 0.5) is 0 Å². The van der Waals surface area contributed by atoms with Crippen molar-refractivity contribution in [2.75, 3.05) is 14.2 Å². The van der Waals surface area contributed by atoms with E-state index in [-0.39, 0.29) is 23.0 Å². The molecule has 0 atom stereocenters. The van der Waals surface area contributed by atoms with Crippen molar-refractivity contribution in [1.82, 2.24) is 9.97 Å². The monoisotopic (exact) mass is 560 g/mol. The number of hydrogen-bond donors (Lipinski definition) is 2. The van der Waals surface area contributed by atoms with Gasteiger partial charge < -0.3 is 28.7 Å². The second-order valence-electron chi connectivity index (χ2n) is 8.73. The number of hydrogen-bond acceptors (Lipinski definition) is 9. The van der Waals surface area contributed by atoms with Crippen molar-refractivity contribution < 1.29 is 33.3 Å². The Morgan fingerprint density at radius 3 is 1.52 bits per heavy atom. The number of phenolic OH excluding ortho intramolecular Hbond substituents is 2. The summed E-state index contributed by atoms with van der Waals surface area (Å²) in [6, 6.07) is 13.8. The van der Waals surface area contributed by atoms with E-state index in [1.54, 1.807) is 99.3 Å². The Balaban J connectivity index is 1.71. The molecule has 9 nitrogen and oxygen atoms in total. The van der Waals surface area contributed by atoms with Gasteiger partial charge in [-0.15, -0.1) is 0 Å². The molecule has 2 heterocycles. The Hall–Kier alpha value is -4.75. The van der Waals surface area contributed by atoms with Gasteiger partial charge in [0.15, 0.2) is 23.0 Å². The quantitative estimate of drug-likeness (QED) is 0.162. The first-order chi connectivity index (χ1) is 19.3. The van der Waals surface area contributed by atoms with Gasteiger partial charge in [0.1, 0.15) is 11.5 Å². The lowest BCUT2D eigenvalue weighted by atomic mass is 10.1. The lowest BCUT2D eigenvalue weighted by Crippen LogP contribution is -1.93. The van der Waals surface area contributed by atoms with Crippen molar-refractivity contribution in [2.24, 2.45) is 0 Å². The van der Waals surface area contributed by atoms with E-state index in [1.165, 1.54) is 14.2 Å². The maximum Gasteiger partial charge on any atom is 0.419 e. The highest BCUT2D eigenvalue weighted by Crippen LogP contribution is 2.40. The first-order valence-electron chi connectivity index (χ1n) is 12.2. The third-order valence-electron chi connectivity index (χ3n) is 5.89. The molecule has 0 aliphatic carbocycles. The van der Waals surface area contributed by atoms with E-state index < -0.39 is 8.25 Å². The van der Waals surface area contributed by atoms with Crippen LogP contribution in [0.1, 0.15) is 33.4 Å². The minimum absolute atomic E-state index is 0.0350. The van der Waals surface area contributed by atoms with E-state index in [1.807, 2.05) is 0 Å². The van der Waals surface area contributed by atoms with Gasteiger partial charge in [0, 0.05) is 35.9 Å². The second kappa shape index (κ2) is 12.9. The number of ether oxygens (including phenoxy) is 2. The number of rotatable bonds is 10. The summed E-state index contributed by atoms with van der Waals surface area (Å²) in [6.07, 6.45) is 9.72. The standard InChI is InChI=1S/C30H29N2O7P/c1-19-11-21(15-27(36-3)29(19)33)13-25(23-7-5-9-31-17-23)38-40(35)39-26(24-8-6-10-32-18-24)14-22-12-20(2)30(34)28(16-22)37-4/h5-18,33-34,40H,1-4H3. The number of aryl methyl sites for hydroxylation is 2. The minimum atomic E-state index is -3.19. The molecule has 0 spiro atoms. The van der Waals surface area contributed by atoms with E-state index >= 15 is 0 Å². The highest BCUT2D eigenvalue weighted by atomic mass is 31.1. The Morgan fingerprint density at radius 1 is 0.750 bits per heavy atom. The van der Waals surface area contributed by atoms with Crippen LogP contribution in [0.25, 0.3) is 23.7 Å². The van der Waals surface area contributed by atoms with Crippen LogP contribution in [0, 0.1) is 13.8 Å². The molecule has 0 radical (unpaired) electrons. The predicted molar refractivity (Wildman–Crippen MR) is 154 cm³/mol. The Morgan fingerprint density at radius 2 is 1.18 bits per heavy atom. The van der Waals surface area contributed by atoms with E-state index in [0.29, 0.717) is 44.9 Å². The van der Waals surface area contributed by atoms with E-state index in [4.69, 9.17) is 18.5 Å². The fraction of sp³-hybridized carbons (Fsp3) is 0.133. The zero-order valence-electron chi connectivity index (χ0n) is 22.4. The molecule has 0 amide bonds. The summed E-state index contributed by atoms with van der Waals surface area (Å²) in [6.45, 7) is 3.49. The third-order valence-corrected chi connectivity index (χ3v) is 6.66. The molecule has 0 fully saturated rings. The fourth-order valence-corrected chi connectivity index (χ4v) is 4.64. The number of nitrogens with zero attached hydrogens (tertiary/aromatic N) is 2. The number of pyridine rings is 2. The van der Waals surface area contributed by atoms with E-state index in [2.05, 4.69) is 9.97 Å². The van der Waals surface area contributed by atoms with Gasteiger partial charge in [0.2, 0.25) is 0 Å². The van der Waals surface area contributed by atoms with Crippen LogP contribution in [-0.4, -0.2) is 34.4 Å².